The van der Waals surface area contributed by atoms with Gasteiger partial charge in [0.25, 0.3) is 0 Å². The van der Waals surface area contributed by atoms with Gasteiger partial charge < -0.3 is 14.4 Å². The van der Waals surface area contributed by atoms with E-state index in [1.165, 1.54) is 27.1 Å². The first-order valence-corrected chi connectivity index (χ1v) is 16.0. The van der Waals surface area contributed by atoms with E-state index >= 15 is 0 Å². The molecule has 3 nitrogen and oxygen atoms in total. The summed E-state index contributed by atoms with van der Waals surface area (Å²) in [4.78, 5) is 8.84. The van der Waals surface area contributed by atoms with Crippen LogP contribution in [0, 0.1) is 26.0 Å². The predicted octanol–water partition coefficient (Wildman–Crippen LogP) is 8.16. The summed E-state index contributed by atoms with van der Waals surface area (Å²) in [6.45, 7) is 11.2. The average Bonchev–Trinajstić information content (AvgIpc) is 3.28. The van der Waals surface area contributed by atoms with Crippen LogP contribution in [-0.4, -0.2) is 18.0 Å². The van der Waals surface area contributed by atoms with E-state index in [4.69, 9.17) is 4.42 Å². The molecule has 0 fully saturated rings. The largest absolute Gasteiger partial charge is 0.501 e. The van der Waals surface area contributed by atoms with Crippen molar-refractivity contribution in [2.45, 2.75) is 33.5 Å². The fourth-order valence-electron chi connectivity index (χ4n) is 4.46. The second-order valence-electron chi connectivity index (χ2n) is 10.3. The maximum absolute atomic E-state index is 6.26. The Morgan fingerprint density at radius 3 is 2.29 bits per heavy atom. The summed E-state index contributed by atoms with van der Waals surface area (Å²) in [6, 6.07) is 33.0. The van der Waals surface area contributed by atoms with Gasteiger partial charge in [-0.15, -0.1) is 54.1 Å². The smallest absolute Gasteiger partial charge is 0.120 e. The summed E-state index contributed by atoms with van der Waals surface area (Å²) in [7, 11) is -1.47. The van der Waals surface area contributed by atoms with Crippen molar-refractivity contribution in [3.63, 3.8) is 0 Å². The van der Waals surface area contributed by atoms with Gasteiger partial charge in [-0.05, 0) is 42.9 Å². The number of rotatable bonds is 3. The van der Waals surface area contributed by atoms with Crippen molar-refractivity contribution < 1.29 is 24.5 Å². The summed E-state index contributed by atoms with van der Waals surface area (Å²) >= 11 is 0. The van der Waals surface area contributed by atoms with E-state index in [2.05, 4.69) is 85.1 Å². The van der Waals surface area contributed by atoms with Crippen molar-refractivity contribution in [3.8, 4) is 22.5 Å². The Balaban J connectivity index is 0.000000204. The van der Waals surface area contributed by atoms with Gasteiger partial charge in [0.15, 0.2) is 0 Å². The van der Waals surface area contributed by atoms with E-state index in [9.17, 15) is 0 Å². The van der Waals surface area contributed by atoms with Crippen molar-refractivity contribution in [2.24, 2.45) is 0 Å². The molecule has 3 heterocycles. The molecule has 6 aromatic rings. The molecule has 38 heavy (non-hydrogen) atoms. The van der Waals surface area contributed by atoms with Crippen molar-refractivity contribution in [1.82, 2.24) is 9.97 Å². The van der Waals surface area contributed by atoms with E-state index in [1.54, 1.807) is 0 Å². The van der Waals surface area contributed by atoms with Crippen LogP contribution in [0.3, 0.4) is 0 Å². The van der Waals surface area contributed by atoms with Gasteiger partial charge in [-0.25, -0.2) is 0 Å². The second kappa shape index (κ2) is 11.6. The monoisotopic (exact) mass is 691 g/mol. The Kier molecular flexibility index (Phi) is 8.42. The van der Waals surface area contributed by atoms with Gasteiger partial charge in [-0.2, -0.15) is 0 Å². The summed E-state index contributed by atoms with van der Waals surface area (Å²) in [6.07, 6.45) is 3.71. The number of benzene rings is 3. The van der Waals surface area contributed by atoms with Crippen LogP contribution in [0.25, 0.3) is 44.5 Å². The Morgan fingerprint density at radius 2 is 1.61 bits per heavy atom. The third-order valence-corrected chi connectivity index (χ3v) is 8.37. The van der Waals surface area contributed by atoms with Crippen LogP contribution in [0.5, 0.6) is 0 Å². The van der Waals surface area contributed by atoms with E-state index in [0.29, 0.717) is 0 Å². The van der Waals surface area contributed by atoms with Gasteiger partial charge in [0.1, 0.15) is 5.58 Å². The molecule has 0 unspecified atom stereocenters. The summed E-state index contributed by atoms with van der Waals surface area (Å²) in [5, 5.41) is 3.86. The Hall–Kier alpha value is -3.37. The Morgan fingerprint density at radius 1 is 0.763 bits per heavy atom. The third kappa shape index (κ3) is 5.86. The molecule has 0 saturated heterocycles. The molecule has 0 spiro atoms. The van der Waals surface area contributed by atoms with Gasteiger partial charge in [0, 0.05) is 37.9 Å². The maximum atomic E-state index is 6.26. The van der Waals surface area contributed by atoms with Crippen molar-refractivity contribution in [3.05, 3.63) is 115 Å². The molecular formula is C33H30IrN2OSi-2. The molecule has 0 aliphatic carbocycles. The van der Waals surface area contributed by atoms with E-state index in [-0.39, 0.29) is 20.1 Å². The average molecular weight is 691 g/mol. The number of furan rings is 1. The van der Waals surface area contributed by atoms with Crippen LogP contribution in [0.15, 0.2) is 95.7 Å². The number of pyridine rings is 2. The minimum Gasteiger partial charge on any atom is -0.501 e. The molecule has 6 rings (SSSR count). The summed E-state index contributed by atoms with van der Waals surface area (Å²) < 4.78 is 6.26. The number of aromatic nitrogens is 2. The SMILES string of the molecule is Cc1ccc(-c2[c-]cccc2)nc1.Cc1ccnc(-c2[c-]ccc3c2oc2cccc([Si](C)(C)C)c23)c1.[Ir]. The van der Waals surface area contributed by atoms with Crippen LogP contribution >= 0.6 is 0 Å². The molecule has 193 valence electrons. The van der Waals surface area contributed by atoms with Crippen LogP contribution < -0.4 is 5.19 Å². The molecule has 0 N–H and O–H groups in total. The normalized spacial score (nSPS) is 11.1. The van der Waals surface area contributed by atoms with Crippen molar-refractivity contribution in [2.75, 3.05) is 0 Å². The minimum absolute atomic E-state index is 0. The van der Waals surface area contributed by atoms with Gasteiger partial charge in [0.2, 0.25) is 0 Å². The van der Waals surface area contributed by atoms with Gasteiger partial charge in [-0.1, -0.05) is 71.7 Å². The van der Waals surface area contributed by atoms with E-state index in [1.807, 2.05) is 61.8 Å². The van der Waals surface area contributed by atoms with E-state index < -0.39 is 8.07 Å². The molecule has 3 aromatic heterocycles. The molecule has 5 heteroatoms. The standard InChI is InChI=1S/C21H20NOSi.C12H10N.Ir/c1-14-11-12-22-17(13-14)15-7-5-8-16-20-18(23-21(15)16)9-6-10-19(20)24(2,3)4;1-10-7-8-12(13-9-10)11-5-3-2-4-6-11;/h5-6,8-13H,1-4H3;2-5,7-9H,1H3;/q2*-1;. The zero-order valence-electron chi connectivity index (χ0n) is 22.3. The van der Waals surface area contributed by atoms with Gasteiger partial charge in [0.05, 0.1) is 13.7 Å². The molecule has 1 radical (unpaired) electrons. The number of nitrogens with zero attached hydrogens (tertiary/aromatic N) is 2. The Bertz CT molecular complexity index is 1670. The minimum atomic E-state index is -1.47. The third-order valence-electron chi connectivity index (χ3n) is 6.33. The molecule has 0 bridgehead atoms. The van der Waals surface area contributed by atoms with Crippen LogP contribution in [0.1, 0.15) is 11.1 Å². The molecule has 3 aromatic carbocycles. The summed E-state index contributed by atoms with van der Waals surface area (Å²) in [5.41, 5.74) is 8.08. The fourth-order valence-corrected chi connectivity index (χ4v) is 6.06. The molecule has 0 atom stereocenters. The zero-order valence-corrected chi connectivity index (χ0v) is 25.7. The second-order valence-corrected chi connectivity index (χ2v) is 15.4. The molecule has 0 aliphatic rings. The quantitative estimate of drug-likeness (QED) is 0.139. The number of aryl methyl sites for hydroxylation is 2. The zero-order chi connectivity index (χ0) is 26.0. The van der Waals surface area contributed by atoms with E-state index in [0.717, 1.165) is 33.7 Å². The van der Waals surface area contributed by atoms with Crippen molar-refractivity contribution in [1.29, 1.82) is 0 Å². The summed E-state index contributed by atoms with van der Waals surface area (Å²) in [5.74, 6) is 0. The van der Waals surface area contributed by atoms with Gasteiger partial charge >= 0.3 is 0 Å². The first-order valence-electron chi connectivity index (χ1n) is 12.5. The van der Waals surface area contributed by atoms with Crippen LogP contribution in [-0.2, 0) is 20.1 Å². The van der Waals surface area contributed by atoms with Gasteiger partial charge in [-0.3, -0.25) is 0 Å². The van der Waals surface area contributed by atoms with Crippen molar-refractivity contribution >= 4 is 35.2 Å². The number of fused-ring (bicyclic) bond motifs is 3. The van der Waals surface area contributed by atoms with Crippen LogP contribution in [0.4, 0.5) is 0 Å². The Labute approximate surface area is 239 Å². The molecule has 0 aliphatic heterocycles. The molecule has 0 amide bonds. The number of hydrogen-bond acceptors (Lipinski definition) is 3. The molecular weight excluding hydrogens is 661 g/mol. The topological polar surface area (TPSA) is 38.9 Å². The first-order chi connectivity index (χ1) is 17.8. The van der Waals surface area contributed by atoms with Crippen LogP contribution in [0.2, 0.25) is 19.6 Å². The first kappa shape index (κ1) is 27.7. The number of hydrogen-bond donors (Lipinski definition) is 0. The predicted molar refractivity (Wildman–Crippen MR) is 157 cm³/mol. The molecule has 0 saturated carbocycles. The fraction of sp³-hybridized carbons (Fsp3) is 0.152. The maximum Gasteiger partial charge on any atom is 0.120 e.